The first-order chi connectivity index (χ1) is 8.67. The van der Waals surface area contributed by atoms with Crippen LogP contribution in [0.1, 0.15) is 20.3 Å². The maximum Gasteiger partial charge on any atom is 0.0703 e. The van der Waals surface area contributed by atoms with Gasteiger partial charge in [0.25, 0.3) is 0 Å². The maximum atomic E-state index is 9.39. The van der Waals surface area contributed by atoms with Crippen LogP contribution in [0.25, 0.3) is 10.9 Å². The van der Waals surface area contributed by atoms with E-state index in [1.165, 1.54) is 0 Å². The Morgan fingerprint density at radius 1 is 1.33 bits per heavy atom. The Kier molecular flexibility index (Phi) is 3.82. The van der Waals surface area contributed by atoms with Gasteiger partial charge in [0.1, 0.15) is 0 Å². The molecule has 3 heteroatoms. The third kappa shape index (κ3) is 2.79. The van der Waals surface area contributed by atoms with Crippen LogP contribution in [0.2, 0.25) is 0 Å². The largest absolute Gasteiger partial charge is 0.396 e. The number of anilines is 1. The molecule has 0 bridgehead atoms. The fourth-order valence-electron chi connectivity index (χ4n) is 1.79. The van der Waals surface area contributed by atoms with Crippen molar-refractivity contribution in [3.05, 3.63) is 36.5 Å². The van der Waals surface area contributed by atoms with E-state index in [4.69, 9.17) is 0 Å². The van der Waals surface area contributed by atoms with E-state index in [9.17, 15) is 5.11 Å². The van der Waals surface area contributed by atoms with E-state index in [1.807, 2.05) is 18.2 Å². The van der Waals surface area contributed by atoms with Crippen LogP contribution in [0.3, 0.4) is 0 Å². The standard InChI is InChI=1S/C15H20N2O/c1-3-15(2,11-18)10-17-13-6-7-14-12(9-13)5-4-8-16-14/h4-9,17-18H,3,10-11H2,1-2H3. The Morgan fingerprint density at radius 3 is 2.89 bits per heavy atom. The molecule has 0 fully saturated rings. The van der Waals surface area contributed by atoms with Gasteiger partial charge in [-0.2, -0.15) is 0 Å². The molecule has 0 aliphatic rings. The number of hydrogen-bond donors (Lipinski definition) is 2. The lowest BCUT2D eigenvalue weighted by Gasteiger charge is -2.26. The van der Waals surface area contributed by atoms with Gasteiger partial charge in [0.15, 0.2) is 0 Å². The molecule has 1 atom stereocenters. The second kappa shape index (κ2) is 5.36. The van der Waals surface area contributed by atoms with Gasteiger partial charge in [0, 0.05) is 29.2 Å². The van der Waals surface area contributed by atoms with Crippen molar-refractivity contribution in [1.82, 2.24) is 4.98 Å². The summed E-state index contributed by atoms with van der Waals surface area (Å²) < 4.78 is 0. The molecule has 2 aromatic rings. The van der Waals surface area contributed by atoms with Crippen molar-refractivity contribution >= 4 is 16.6 Å². The van der Waals surface area contributed by atoms with Gasteiger partial charge in [-0.3, -0.25) is 4.98 Å². The van der Waals surface area contributed by atoms with E-state index in [2.05, 4.69) is 36.3 Å². The molecule has 2 rings (SSSR count). The molecule has 0 aliphatic carbocycles. The zero-order chi connectivity index (χ0) is 13.0. The summed E-state index contributed by atoms with van der Waals surface area (Å²) in [6.45, 7) is 5.15. The smallest absolute Gasteiger partial charge is 0.0703 e. The minimum Gasteiger partial charge on any atom is -0.396 e. The number of aromatic nitrogens is 1. The number of benzene rings is 1. The zero-order valence-electron chi connectivity index (χ0n) is 11.0. The van der Waals surface area contributed by atoms with Crippen LogP contribution in [0.5, 0.6) is 0 Å². The fraction of sp³-hybridized carbons (Fsp3) is 0.400. The van der Waals surface area contributed by atoms with Gasteiger partial charge < -0.3 is 10.4 Å². The van der Waals surface area contributed by atoms with Crippen LogP contribution in [0.4, 0.5) is 5.69 Å². The quantitative estimate of drug-likeness (QED) is 0.849. The van der Waals surface area contributed by atoms with Crippen molar-refractivity contribution in [3.63, 3.8) is 0 Å². The molecule has 0 radical (unpaired) electrons. The van der Waals surface area contributed by atoms with E-state index >= 15 is 0 Å². The highest BCUT2D eigenvalue weighted by Gasteiger charge is 2.20. The molecule has 96 valence electrons. The molecule has 18 heavy (non-hydrogen) atoms. The highest BCUT2D eigenvalue weighted by Crippen LogP contribution is 2.22. The summed E-state index contributed by atoms with van der Waals surface area (Å²) in [5.41, 5.74) is 2.01. The van der Waals surface area contributed by atoms with Crippen molar-refractivity contribution in [1.29, 1.82) is 0 Å². The number of fused-ring (bicyclic) bond motifs is 1. The predicted molar refractivity (Wildman–Crippen MR) is 75.7 cm³/mol. The van der Waals surface area contributed by atoms with E-state index in [0.29, 0.717) is 0 Å². The van der Waals surface area contributed by atoms with Gasteiger partial charge in [-0.05, 0) is 30.7 Å². The first kappa shape index (κ1) is 12.8. The van der Waals surface area contributed by atoms with Gasteiger partial charge in [-0.1, -0.05) is 19.9 Å². The van der Waals surface area contributed by atoms with Crippen LogP contribution < -0.4 is 5.32 Å². The third-order valence-electron chi connectivity index (χ3n) is 3.56. The Morgan fingerprint density at radius 2 is 2.17 bits per heavy atom. The number of hydrogen-bond acceptors (Lipinski definition) is 3. The minimum atomic E-state index is -0.0656. The molecule has 1 unspecified atom stereocenters. The van der Waals surface area contributed by atoms with E-state index < -0.39 is 0 Å². The van der Waals surface area contributed by atoms with Crippen molar-refractivity contribution in [2.45, 2.75) is 20.3 Å². The van der Waals surface area contributed by atoms with Gasteiger partial charge >= 0.3 is 0 Å². The second-order valence-electron chi connectivity index (χ2n) is 5.09. The molecule has 0 saturated heterocycles. The molecule has 1 aromatic carbocycles. The lowest BCUT2D eigenvalue weighted by molar-refractivity contribution is 0.149. The highest BCUT2D eigenvalue weighted by atomic mass is 16.3. The monoisotopic (exact) mass is 244 g/mol. The van der Waals surface area contributed by atoms with Gasteiger partial charge in [-0.15, -0.1) is 0 Å². The van der Waals surface area contributed by atoms with Crippen LogP contribution in [-0.4, -0.2) is 23.2 Å². The topological polar surface area (TPSA) is 45.1 Å². The number of pyridine rings is 1. The number of rotatable bonds is 5. The normalized spacial score (nSPS) is 14.4. The SMILES string of the molecule is CCC(C)(CO)CNc1ccc2ncccc2c1. The maximum absolute atomic E-state index is 9.39. The summed E-state index contributed by atoms with van der Waals surface area (Å²) in [6.07, 6.45) is 2.75. The molecule has 1 aromatic heterocycles. The lowest BCUT2D eigenvalue weighted by Crippen LogP contribution is -2.29. The summed E-state index contributed by atoms with van der Waals surface area (Å²) in [5.74, 6) is 0. The van der Waals surface area contributed by atoms with Crippen molar-refractivity contribution < 1.29 is 5.11 Å². The Hall–Kier alpha value is -1.61. The second-order valence-corrected chi connectivity index (χ2v) is 5.09. The molecule has 0 aliphatic heterocycles. The van der Waals surface area contributed by atoms with Gasteiger partial charge in [0.2, 0.25) is 0 Å². The third-order valence-corrected chi connectivity index (χ3v) is 3.56. The highest BCUT2D eigenvalue weighted by molar-refractivity contribution is 5.82. The summed E-state index contributed by atoms with van der Waals surface area (Å²) in [6, 6.07) is 10.1. The van der Waals surface area contributed by atoms with E-state index in [1.54, 1.807) is 6.20 Å². The lowest BCUT2D eigenvalue weighted by atomic mass is 9.88. The van der Waals surface area contributed by atoms with Crippen LogP contribution >= 0.6 is 0 Å². The van der Waals surface area contributed by atoms with Crippen molar-refractivity contribution in [3.8, 4) is 0 Å². The van der Waals surface area contributed by atoms with Crippen LogP contribution in [0, 0.1) is 5.41 Å². The number of aliphatic hydroxyl groups excluding tert-OH is 1. The van der Waals surface area contributed by atoms with Crippen molar-refractivity contribution in [2.75, 3.05) is 18.5 Å². The predicted octanol–water partition coefficient (Wildman–Crippen LogP) is 3.06. The van der Waals surface area contributed by atoms with Crippen LogP contribution in [0.15, 0.2) is 36.5 Å². The Labute approximate surface area is 108 Å². The Bertz CT molecular complexity index is 521. The molecule has 2 N–H and O–H groups in total. The molecule has 1 heterocycles. The average molecular weight is 244 g/mol. The summed E-state index contributed by atoms with van der Waals surface area (Å²) >= 11 is 0. The number of aliphatic hydroxyl groups is 1. The zero-order valence-corrected chi connectivity index (χ0v) is 11.0. The van der Waals surface area contributed by atoms with Crippen molar-refractivity contribution in [2.24, 2.45) is 5.41 Å². The first-order valence-corrected chi connectivity index (χ1v) is 6.36. The molecule has 3 nitrogen and oxygen atoms in total. The molecular formula is C15H20N2O. The first-order valence-electron chi connectivity index (χ1n) is 6.36. The molecule has 0 spiro atoms. The number of nitrogens with zero attached hydrogens (tertiary/aromatic N) is 1. The molecular weight excluding hydrogens is 224 g/mol. The van der Waals surface area contributed by atoms with Gasteiger partial charge in [-0.25, -0.2) is 0 Å². The van der Waals surface area contributed by atoms with E-state index in [0.717, 1.165) is 29.6 Å². The Balaban J connectivity index is 2.12. The summed E-state index contributed by atoms with van der Waals surface area (Å²) in [7, 11) is 0. The summed E-state index contributed by atoms with van der Waals surface area (Å²) in [5, 5.41) is 13.9. The fourth-order valence-corrected chi connectivity index (χ4v) is 1.79. The minimum absolute atomic E-state index is 0.0656. The summed E-state index contributed by atoms with van der Waals surface area (Å²) in [4.78, 5) is 4.30. The molecule has 0 saturated carbocycles. The van der Waals surface area contributed by atoms with E-state index in [-0.39, 0.29) is 12.0 Å². The van der Waals surface area contributed by atoms with Gasteiger partial charge in [0.05, 0.1) is 12.1 Å². The average Bonchev–Trinajstić information content (AvgIpc) is 2.44. The number of nitrogens with one attached hydrogen (secondary N) is 1. The van der Waals surface area contributed by atoms with Crippen LogP contribution in [-0.2, 0) is 0 Å². The molecule has 0 amide bonds.